The number of nitrogen functional groups attached to an aromatic ring is 1. The van der Waals surface area contributed by atoms with Crippen molar-refractivity contribution in [2.75, 3.05) is 5.73 Å². The number of anilines is 1. The smallest absolute Gasteiger partial charge is 0.141 e. The Balaban J connectivity index is 1.75. The van der Waals surface area contributed by atoms with Crippen LogP contribution in [0, 0.1) is 0 Å². The van der Waals surface area contributed by atoms with Crippen LogP contribution in [0.2, 0.25) is 0 Å². The third-order valence-electron chi connectivity index (χ3n) is 4.78. The monoisotopic (exact) mass is 335 g/mol. The molecule has 0 aliphatic rings. The second-order valence-electron chi connectivity index (χ2n) is 6.82. The van der Waals surface area contributed by atoms with Gasteiger partial charge in [-0.1, -0.05) is 69.7 Å². The number of benzene rings is 2. The summed E-state index contributed by atoms with van der Waals surface area (Å²) in [5.74, 6) is 1.03. The third kappa shape index (κ3) is 4.41. The van der Waals surface area contributed by atoms with Crippen LogP contribution in [0.15, 0.2) is 48.5 Å². The number of hydrogen-bond acceptors (Lipinski definition) is 2. The predicted octanol–water partition coefficient (Wildman–Crippen LogP) is 6.04. The number of para-hydroxylation sites is 2. The molecule has 0 saturated carbocycles. The van der Waals surface area contributed by atoms with Crippen molar-refractivity contribution in [3.05, 3.63) is 48.5 Å². The van der Waals surface area contributed by atoms with E-state index in [1.165, 1.54) is 50.5 Å². The number of unbranched alkanes of at least 4 members (excludes halogenated alkanes) is 6. The standard InChI is InChI=1S/C22H29N3/c1-2-3-4-5-6-7-10-16-25-21-15-9-8-14-20(21)24-22(25)18-12-11-13-19(23)17-18/h8-9,11-15,17H,2-7,10,16,23H2,1H3. The maximum absolute atomic E-state index is 5.98. The second-order valence-corrected chi connectivity index (χ2v) is 6.82. The second kappa shape index (κ2) is 8.70. The molecular weight excluding hydrogens is 306 g/mol. The number of nitrogens with two attached hydrogens (primary N) is 1. The molecule has 3 aromatic rings. The number of aryl methyl sites for hydroxylation is 1. The summed E-state index contributed by atoms with van der Waals surface area (Å²) in [4.78, 5) is 4.87. The summed E-state index contributed by atoms with van der Waals surface area (Å²) in [6, 6.07) is 16.4. The van der Waals surface area contributed by atoms with E-state index >= 15 is 0 Å². The Morgan fingerprint density at radius 2 is 1.64 bits per heavy atom. The van der Waals surface area contributed by atoms with Gasteiger partial charge in [0.15, 0.2) is 0 Å². The van der Waals surface area contributed by atoms with Crippen LogP contribution in [0.5, 0.6) is 0 Å². The van der Waals surface area contributed by atoms with Crippen LogP contribution < -0.4 is 5.73 Å². The Labute approximate surface area is 150 Å². The molecule has 132 valence electrons. The zero-order valence-corrected chi connectivity index (χ0v) is 15.2. The van der Waals surface area contributed by atoms with E-state index in [1.807, 2.05) is 18.2 Å². The molecule has 3 heteroatoms. The van der Waals surface area contributed by atoms with Crippen LogP contribution in [0.4, 0.5) is 5.69 Å². The predicted molar refractivity (Wildman–Crippen MR) is 108 cm³/mol. The first-order valence-corrected chi connectivity index (χ1v) is 9.61. The number of hydrogen-bond donors (Lipinski definition) is 1. The maximum atomic E-state index is 5.98. The number of imidazole rings is 1. The van der Waals surface area contributed by atoms with E-state index in [1.54, 1.807) is 0 Å². The molecule has 0 saturated heterocycles. The number of fused-ring (bicyclic) bond motifs is 1. The molecule has 25 heavy (non-hydrogen) atoms. The molecule has 0 radical (unpaired) electrons. The topological polar surface area (TPSA) is 43.8 Å². The molecule has 3 rings (SSSR count). The molecule has 0 aliphatic carbocycles. The van der Waals surface area contributed by atoms with E-state index < -0.39 is 0 Å². The molecule has 0 bridgehead atoms. The first-order chi connectivity index (χ1) is 12.3. The zero-order valence-electron chi connectivity index (χ0n) is 15.2. The summed E-state index contributed by atoms with van der Waals surface area (Å²) in [6.07, 6.45) is 9.23. The molecule has 1 aromatic heterocycles. The van der Waals surface area contributed by atoms with Crippen molar-refractivity contribution in [2.24, 2.45) is 0 Å². The Morgan fingerprint density at radius 3 is 2.44 bits per heavy atom. The van der Waals surface area contributed by atoms with Gasteiger partial charge >= 0.3 is 0 Å². The fourth-order valence-electron chi connectivity index (χ4n) is 3.43. The highest BCUT2D eigenvalue weighted by Crippen LogP contribution is 2.26. The molecule has 2 aromatic carbocycles. The van der Waals surface area contributed by atoms with Crippen LogP contribution in [0.1, 0.15) is 51.9 Å². The molecule has 3 nitrogen and oxygen atoms in total. The molecule has 2 N–H and O–H groups in total. The minimum atomic E-state index is 0.784. The molecule has 0 spiro atoms. The lowest BCUT2D eigenvalue weighted by molar-refractivity contribution is 0.557. The van der Waals surface area contributed by atoms with Gasteiger partial charge in [0.25, 0.3) is 0 Å². The van der Waals surface area contributed by atoms with E-state index in [4.69, 9.17) is 10.7 Å². The molecule has 0 aliphatic heterocycles. The van der Waals surface area contributed by atoms with Crippen molar-refractivity contribution in [3.8, 4) is 11.4 Å². The highest BCUT2D eigenvalue weighted by atomic mass is 15.1. The summed E-state index contributed by atoms with van der Waals surface area (Å²) in [7, 11) is 0. The van der Waals surface area contributed by atoms with Gasteiger partial charge in [-0.05, 0) is 30.7 Å². The van der Waals surface area contributed by atoms with Crippen LogP contribution in [0.25, 0.3) is 22.4 Å². The third-order valence-corrected chi connectivity index (χ3v) is 4.78. The quantitative estimate of drug-likeness (QED) is 0.383. The molecule has 0 atom stereocenters. The first kappa shape index (κ1) is 17.5. The van der Waals surface area contributed by atoms with Crippen molar-refractivity contribution >= 4 is 16.7 Å². The van der Waals surface area contributed by atoms with Crippen LogP contribution in [0.3, 0.4) is 0 Å². The molecule has 0 fully saturated rings. The zero-order chi connectivity index (χ0) is 17.5. The Kier molecular flexibility index (Phi) is 6.10. The molecular formula is C22H29N3. The van der Waals surface area contributed by atoms with E-state index in [2.05, 4.69) is 41.8 Å². The highest BCUT2D eigenvalue weighted by molar-refractivity contribution is 5.81. The summed E-state index contributed by atoms with van der Waals surface area (Å²) in [6.45, 7) is 3.28. The molecule has 0 amide bonds. The Morgan fingerprint density at radius 1 is 0.880 bits per heavy atom. The molecule has 0 unspecified atom stereocenters. The lowest BCUT2D eigenvalue weighted by Crippen LogP contribution is -2.01. The first-order valence-electron chi connectivity index (χ1n) is 9.61. The van der Waals surface area contributed by atoms with Gasteiger partial charge in [-0.25, -0.2) is 4.98 Å². The minimum absolute atomic E-state index is 0.784. The van der Waals surface area contributed by atoms with Crippen molar-refractivity contribution in [1.29, 1.82) is 0 Å². The molecule has 1 heterocycles. The Hall–Kier alpha value is -2.29. The SMILES string of the molecule is CCCCCCCCCn1c(-c2cccc(N)c2)nc2ccccc21. The van der Waals surface area contributed by atoms with Crippen molar-refractivity contribution < 1.29 is 0 Å². The maximum Gasteiger partial charge on any atom is 0.141 e. The van der Waals surface area contributed by atoms with Gasteiger partial charge < -0.3 is 10.3 Å². The number of aromatic nitrogens is 2. The van der Waals surface area contributed by atoms with Crippen LogP contribution in [-0.2, 0) is 6.54 Å². The highest BCUT2D eigenvalue weighted by Gasteiger charge is 2.12. The largest absolute Gasteiger partial charge is 0.399 e. The minimum Gasteiger partial charge on any atom is -0.399 e. The van der Waals surface area contributed by atoms with E-state index in [0.29, 0.717) is 0 Å². The van der Waals surface area contributed by atoms with Crippen molar-refractivity contribution in [2.45, 2.75) is 58.4 Å². The Bertz CT molecular complexity index is 804. The van der Waals surface area contributed by atoms with E-state index in [9.17, 15) is 0 Å². The van der Waals surface area contributed by atoms with E-state index in [-0.39, 0.29) is 0 Å². The van der Waals surface area contributed by atoms with E-state index in [0.717, 1.165) is 29.1 Å². The summed E-state index contributed by atoms with van der Waals surface area (Å²) in [5.41, 5.74) is 10.1. The van der Waals surface area contributed by atoms with Gasteiger partial charge in [0.05, 0.1) is 11.0 Å². The number of nitrogens with zero attached hydrogens (tertiary/aromatic N) is 2. The van der Waals surface area contributed by atoms with Crippen molar-refractivity contribution in [3.63, 3.8) is 0 Å². The summed E-state index contributed by atoms with van der Waals surface area (Å²) in [5, 5.41) is 0. The summed E-state index contributed by atoms with van der Waals surface area (Å²) < 4.78 is 2.36. The van der Waals surface area contributed by atoms with Gasteiger partial charge in [0.1, 0.15) is 5.82 Å². The fraction of sp³-hybridized carbons (Fsp3) is 0.409. The van der Waals surface area contributed by atoms with Gasteiger partial charge in [0.2, 0.25) is 0 Å². The normalized spacial score (nSPS) is 11.2. The number of rotatable bonds is 9. The van der Waals surface area contributed by atoms with Crippen molar-refractivity contribution in [1.82, 2.24) is 9.55 Å². The average molecular weight is 335 g/mol. The van der Waals surface area contributed by atoms with Gasteiger partial charge in [0, 0.05) is 17.8 Å². The van der Waals surface area contributed by atoms with Gasteiger partial charge in [-0.2, -0.15) is 0 Å². The fourth-order valence-corrected chi connectivity index (χ4v) is 3.43. The van der Waals surface area contributed by atoms with Crippen LogP contribution >= 0.6 is 0 Å². The summed E-state index contributed by atoms with van der Waals surface area (Å²) >= 11 is 0. The lowest BCUT2D eigenvalue weighted by atomic mass is 10.1. The van der Waals surface area contributed by atoms with Crippen LogP contribution in [-0.4, -0.2) is 9.55 Å². The van der Waals surface area contributed by atoms with Gasteiger partial charge in [-0.15, -0.1) is 0 Å². The average Bonchev–Trinajstić information content (AvgIpc) is 3.00. The van der Waals surface area contributed by atoms with Gasteiger partial charge in [-0.3, -0.25) is 0 Å². The lowest BCUT2D eigenvalue weighted by Gasteiger charge is -2.10.